The minimum absolute atomic E-state index is 0.164. The van der Waals surface area contributed by atoms with Crippen LogP contribution < -0.4 is 10.3 Å². The molecule has 2 heterocycles. The Morgan fingerprint density at radius 2 is 2.04 bits per heavy atom. The molecule has 5 nitrogen and oxygen atoms in total. The molecule has 0 fully saturated rings. The number of ether oxygens (including phenoxy) is 2. The molecular weight excluding hydrogens is 351 g/mol. The first-order chi connectivity index (χ1) is 11.6. The van der Waals surface area contributed by atoms with Crippen molar-refractivity contribution in [2.24, 2.45) is 0 Å². The smallest absolute Gasteiger partial charge is 0.261 e. The van der Waals surface area contributed by atoms with E-state index in [4.69, 9.17) is 32.7 Å². The lowest BCUT2D eigenvalue weighted by atomic mass is 10.1. The molecule has 0 saturated heterocycles. The van der Waals surface area contributed by atoms with Crippen LogP contribution in [-0.2, 0) is 17.9 Å². The van der Waals surface area contributed by atoms with E-state index in [1.807, 2.05) is 0 Å². The number of hydrogen-bond donors (Lipinski definition) is 0. The highest BCUT2D eigenvalue weighted by Gasteiger charge is 2.17. The molecule has 122 valence electrons. The highest BCUT2D eigenvalue weighted by molar-refractivity contribution is 6.31. The standard InChI is InChI=1S/C17H12Cl2N2O3/c18-12-1-2-15-14(5-12)17(22)21(8-20-15)6-10-3-13(19)4-11-7-23-9-24-16(10)11/h1-5,8H,6-7,9H2. The summed E-state index contributed by atoms with van der Waals surface area (Å²) in [4.78, 5) is 17.0. The van der Waals surface area contributed by atoms with Crippen LogP contribution in [0.15, 0.2) is 41.5 Å². The van der Waals surface area contributed by atoms with Gasteiger partial charge in [0.25, 0.3) is 5.56 Å². The van der Waals surface area contributed by atoms with Gasteiger partial charge in [-0.3, -0.25) is 9.36 Å². The van der Waals surface area contributed by atoms with Crippen molar-refractivity contribution in [1.29, 1.82) is 0 Å². The Balaban J connectivity index is 1.82. The Morgan fingerprint density at radius 3 is 2.92 bits per heavy atom. The van der Waals surface area contributed by atoms with Gasteiger partial charge < -0.3 is 9.47 Å². The molecular formula is C17H12Cl2N2O3. The molecule has 2 aromatic carbocycles. The summed E-state index contributed by atoms with van der Waals surface area (Å²) < 4.78 is 12.4. The van der Waals surface area contributed by atoms with Gasteiger partial charge in [0.05, 0.1) is 30.4 Å². The second-order valence-electron chi connectivity index (χ2n) is 5.50. The van der Waals surface area contributed by atoms with Crippen LogP contribution in [-0.4, -0.2) is 16.3 Å². The third-order valence-electron chi connectivity index (χ3n) is 3.88. The van der Waals surface area contributed by atoms with Crippen LogP contribution in [0.5, 0.6) is 5.75 Å². The maximum atomic E-state index is 12.7. The van der Waals surface area contributed by atoms with Crippen molar-refractivity contribution in [2.75, 3.05) is 6.79 Å². The van der Waals surface area contributed by atoms with Crippen molar-refractivity contribution in [3.8, 4) is 5.75 Å². The summed E-state index contributed by atoms with van der Waals surface area (Å²) in [5.41, 5.74) is 2.13. The second-order valence-corrected chi connectivity index (χ2v) is 6.38. The molecule has 0 amide bonds. The number of aromatic nitrogens is 2. The van der Waals surface area contributed by atoms with Crippen LogP contribution in [0.2, 0.25) is 10.0 Å². The van der Waals surface area contributed by atoms with Gasteiger partial charge in [-0.2, -0.15) is 0 Å². The molecule has 24 heavy (non-hydrogen) atoms. The number of halogens is 2. The lowest BCUT2D eigenvalue weighted by Crippen LogP contribution is -2.22. The lowest BCUT2D eigenvalue weighted by molar-refractivity contribution is -0.0170. The fraction of sp³-hybridized carbons (Fsp3) is 0.176. The third kappa shape index (κ3) is 2.75. The summed E-state index contributed by atoms with van der Waals surface area (Å²) in [5.74, 6) is 0.712. The number of hydrogen-bond acceptors (Lipinski definition) is 4. The highest BCUT2D eigenvalue weighted by atomic mass is 35.5. The number of benzene rings is 2. The van der Waals surface area contributed by atoms with E-state index in [2.05, 4.69) is 4.98 Å². The number of nitrogens with zero attached hydrogens (tertiary/aromatic N) is 2. The summed E-state index contributed by atoms with van der Waals surface area (Å²) >= 11 is 12.2. The molecule has 1 aliphatic heterocycles. The molecule has 7 heteroatoms. The summed E-state index contributed by atoms with van der Waals surface area (Å²) in [6, 6.07) is 8.66. The quantitative estimate of drug-likeness (QED) is 0.698. The molecule has 0 bridgehead atoms. The summed E-state index contributed by atoms with van der Waals surface area (Å²) in [5, 5.41) is 1.55. The van der Waals surface area contributed by atoms with Crippen LogP contribution in [0.25, 0.3) is 10.9 Å². The van der Waals surface area contributed by atoms with Crippen LogP contribution in [0.4, 0.5) is 0 Å². The Morgan fingerprint density at radius 1 is 1.17 bits per heavy atom. The van der Waals surface area contributed by atoms with Crippen molar-refractivity contribution in [3.63, 3.8) is 0 Å². The van der Waals surface area contributed by atoms with Crippen LogP contribution in [0, 0.1) is 0 Å². The van der Waals surface area contributed by atoms with E-state index in [0.717, 1.165) is 11.1 Å². The van der Waals surface area contributed by atoms with Gasteiger partial charge in [-0.25, -0.2) is 4.98 Å². The predicted octanol–water partition coefficient (Wildman–Crippen LogP) is 3.62. The van der Waals surface area contributed by atoms with Crippen molar-refractivity contribution in [3.05, 3.63) is 68.2 Å². The first-order valence-electron chi connectivity index (χ1n) is 7.28. The SMILES string of the molecule is O=c1c2cc(Cl)ccc2ncn1Cc1cc(Cl)cc2c1OCOC2. The summed E-state index contributed by atoms with van der Waals surface area (Å²) in [6.45, 7) is 0.919. The molecule has 0 radical (unpaired) electrons. The van der Waals surface area contributed by atoms with E-state index < -0.39 is 0 Å². The Kier molecular flexibility index (Phi) is 3.92. The van der Waals surface area contributed by atoms with Crippen molar-refractivity contribution >= 4 is 34.1 Å². The average Bonchev–Trinajstić information content (AvgIpc) is 2.57. The monoisotopic (exact) mass is 362 g/mol. The van der Waals surface area contributed by atoms with E-state index in [0.29, 0.717) is 39.8 Å². The Bertz CT molecular complexity index is 1000. The van der Waals surface area contributed by atoms with E-state index >= 15 is 0 Å². The molecule has 0 atom stereocenters. The molecule has 3 aromatic rings. The topological polar surface area (TPSA) is 53.4 Å². The minimum atomic E-state index is -0.164. The van der Waals surface area contributed by atoms with E-state index in [-0.39, 0.29) is 12.4 Å². The van der Waals surface area contributed by atoms with Crippen LogP contribution in [0.3, 0.4) is 0 Å². The van der Waals surface area contributed by atoms with Crippen molar-refractivity contribution in [1.82, 2.24) is 9.55 Å². The van der Waals surface area contributed by atoms with Gasteiger partial charge in [-0.1, -0.05) is 23.2 Å². The molecule has 0 aliphatic carbocycles. The number of rotatable bonds is 2. The predicted molar refractivity (Wildman–Crippen MR) is 91.9 cm³/mol. The van der Waals surface area contributed by atoms with Gasteiger partial charge in [0.1, 0.15) is 5.75 Å². The van der Waals surface area contributed by atoms with E-state index in [9.17, 15) is 4.79 Å². The summed E-state index contributed by atoms with van der Waals surface area (Å²) in [6.07, 6.45) is 1.52. The zero-order valence-corrected chi connectivity index (χ0v) is 14.0. The van der Waals surface area contributed by atoms with Crippen molar-refractivity contribution in [2.45, 2.75) is 13.2 Å². The van der Waals surface area contributed by atoms with Gasteiger partial charge in [0, 0.05) is 21.2 Å². The fourth-order valence-electron chi connectivity index (χ4n) is 2.80. The normalized spacial score (nSPS) is 13.6. The molecule has 0 saturated carbocycles. The zero-order chi connectivity index (χ0) is 16.7. The average molecular weight is 363 g/mol. The largest absolute Gasteiger partial charge is 0.467 e. The molecule has 0 N–H and O–H groups in total. The lowest BCUT2D eigenvalue weighted by Gasteiger charge is -2.21. The molecule has 1 aliphatic rings. The maximum absolute atomic E-state index is 12.7. The fourth-order valence-corrected chi connectivity index (χ4v) is 3.24. The van der Waals surface area contributed by atoms with Gasteiger partial charge in [0.15, 0.2) is 6.79 Å². The van der Waals surface area contributed by atoms with Gasteiger partial charge in [-0.15, -0.1) is 0 Å². The van der Waals surface area contributed by atoms with Gasteiger partial charge in [0.2, 0.25) is 0 Å². The van der Waals surface area contributed by atoms with Gasteiger partial charge >= 0.3 is 0 Å². The van der Waals surface area contributed by atoms with E-state index in [1.54, 1.807) is 30.3 Å². The third-order valence-corrected chi connectivity index (χ3v) is 4.33. The zero-order valence-electron chi connectivity index (χ0n) is 12.5. The molecule has 0 spiro atoms. The summed E-state index contributed by atoms with van der Waals surface area (Å²) in [7, 11) is 0. The van der Waals surface area contributed by atoms with Crippen LogP contribution in [0.1, 0.15) is 11.1 Å². The van der Waals surface area contributed by atoms with Crippen LogP contribution >= 0.6 is 23.2 Å². The molecule has 0 unspecified atom stereocenters. The minimum Gasteiger partial charge on any atom is -0.467 e. The Hall–Kier alpha value is -2.08. The maximum Gasteiger partial charge on any atom is 0.261 e. The highest BCUT2D eigenvalue weighted by Crippen LogP contribution is 2.32. The number of fused-ring (bicyclic) bond motifs is 2. The first kappa shape index (κ1) is 15.4. The Labute approximate surface area is 147 Å². The van der Waals surface area contributed by atoms with E-state index in [1.165, 1.54) is 10.9 Å². The molecule has 1 aromatic heterocycles. The first-order valence-corrected chi connectivity index (χ1v) is 8.04. The second kappa shape index (κ2) is 6.09. The molecule has 4 rings (SSSR count). The van der Waals surface area contributed by atoms with Gasteiger partial charge in [-0.05, 0) is 30.3 Å². The van der Waals surface area contributed by atoms with Crippen molar-refractivity contribution < 1.29 is 9.47 Å².